The van der Waals surface area contributed by atoms with Crippen molar-refractivity contribution in [3.8, 4) is 0 Å². The molecule has 0 nitrogen and oxygen atoms in total. The van der Waals surface area contributed by atoms with E-state index >= 15 is 0 Å². The van der Waals surface area contributed by atoms with Gasteiger partial charge in [-0.05, 0) is 0 Å². The van der Waals surface area contributed by atoms with E-state index in [0.29, 0.717) is 0 Å². The molecule has 1 aliphatic carbocycles. The second kappa shape index (κ2) is 3.88. The van der Waals surface area contributed by atoms with Crippen LogP contribution in [0.3, 0.4) is 0 Å². The van der Waals surface area contributed by atoms with Gasteiger partial charge in [-0.2, -0.15) is 0 Å². The number of allylic oxidation sites excluding steroid dienone is 4. The molecule has 0 heterocycles. The summed E-state index contributed by atoms with van der Waals surface area (Å²) in [6, 6.07) is 10.8. The molecule has 12 heavy (non-hydrogen) atoms. The Kier molecular flexibility index (Phi) is 2.60. The van der Waals surface area contributed by atoms with Gasteiger partial charge in [0.2, 0.25) is 0 Å². The van der Waals surface area contributed by atoms with Crippen molar-refractivity contribution >= 4 is 3.87 Å². The predicted molar refractivity (Wildman–Crippen MR) is 47.9 cm³/mol. The fourth-order valence-corrected chi connectivity index (χ4v) is 3.01. The van der Waals surface area contributed by atoms with Crippen LogP contribution in [0.25, 0.3) is 0 Å². The van der Waals surface area contributed by atoms with Gasteiger partial charge in [-0.1, -0.05) is 0 Å². The van der Waals surface area contributed by atoms with Crippen molar-refractivity contribution < 1.29 is 19.2 Å². The minimum atomic E-state index is -0.0122. The zero-order valence-electron chi connectivity index (χ0n) is 6.83. The molecule has 0 aromatic heterocycles. The molecule has 0 aliphatic heterocycles. The number of benzene rings is 1. The first-order valence-corrected chi connectivity index (χ1v) is 5.69. The SMILES string of the molecule is C1=CC[C]([Ti][c]2ccccc2)=C1. The van der Waals surface area contributed by atoms with Gasteiger partial charge < -0.3 is 0 Å². The Hall–Kier alpha value is -0.586. The summed E-state index contributed by atoms with van der Waals surface area (Å²) in [4.78, 5) is 0. The van der Waals surface area contributed by atoms with Gasteiger partial charge in [0.15, 0.2) is 0 Å². The first-order valence-electron chi connectivity index (χ1n) is 4.13. The van der Waals surface area contributed by atoms with Gasteiger partial charge in [-0.25, -0.2) is 0 Å². The van der Waals surface area contributed by atoms with Gasteiger partial charge in [-0.15, -0.1) is 0 Å². The molecule has 0 bridgehead atoms. The molecule has 0 saturated carbocycles. The van der Waals surface area contributed by atoms with Gasteiger partial charge >= 0.3 is 81.9 Å². The molecule has 1 heteroatoms. The van der Waals surface area contributed by atoms with Gasteiger partial charge in [0.1, 0.15) is 0 Å². The zero-order valence-corrected chi connectivity index (χ0v) is 8.39. The quantitative estimate of drug-likeness (QED) is 0.627. The summed E-state index contributed by atoms with van der Waals surface area (Å²) in [5.74, 6) is 0. The average Bonchev–Trinajstić information content (AvgIpc) is 2.59. The predicted octanol–water partition coefficient (Wildman–Crippen LogP) is 2.24. The molecule has 0 fully saturated rings. The van der Waals surface area contributed by atoms with Gasteiger partial charge in [-0.3, -0.25) is 0 Å². The number of rotatable bonds is 2. The Labute approximate surface area is 81.9 Å². The first kappa shape index (κ1) is 8.03. The van der Waals surface area contributed by atoms with E-state index in [4.69, 9.17) is 0 Å². The number of hydrogen-bond donors (Lipinski definition) is 0. The van der Waals surface area contributed by atoms with E-state index in [-0.39, 0.29) is 19.2 Å². The molecule has 58 valence electrons. The molecule has 2 rings (SSSR count). The third-order valence-corrected chi connectivity index (χ3v) is 3.90. The van der Waals surface area contributed by atoms with Crippen molar-refractivity contribution in [2.45, 2.75) is 6.42 Å². The van der Waals surface area contributed by atoms with Crippen molar-refractivity contribution in [1.29, 1.82) is 0 Å². The van der Waals surface area contributed by atoms with Crippen LogP contribution in [0.1, 0.15) is 6.42 Å². The van der Waals surface area contributed by atoms with Crippen LogP contribution >= 0.6 is 0 Å². The van der Waals surface area contributed by atoms with Crippen LogP contribution in [0, 0.1) is 0 Å². The molecule has 1 aromatic carbocycles. The van der Waals surface area contributed by atoms with Crippen LogP contribution in [0.15, 0.2) is 52.4 Å². The third-order valence-electron chi connectivity index (χ3n) is 1.85. The average molecular weight is 190 g/mol. The Balaban J connectivity index is 2.05. The summed E-state index contributed by atoms with van der Waals surface area (Å²) in [5.41, 5.74) is 0. The fraction of sp³-hybridized carbons (Fsp3) is 0.0909. The first-order chi connectivity index (χ1) is 5.95. The summed E-state index contributed by atoms with van der Waals surface area (Å²) >= 11 is -0.0122. The van der Waals surface area contributed by atoms with E-state index in [1.165, 1.54) is 10.3 Å². The third kappa shape index (κ3) is 1.97. The maximum atomic E-state index is 2.27. The molecule has 0 atom stereocenters. The fourth-order valence-electron chi connectivity index (χ4n) is 1.25. The monoisotopic (exact) mass is 190 g/mol. The molecular formula is C11H10Ti. The van der Waals surface area contributed by atoms with Gasteiger partial charge in [0, 0.05) is 0 Å². The van der Waals surface area contributed by atoms with Crippen molar-refractivity contribution in [3.05, 3.63) is 52.4 Å². The standard InChI is InChI=1S/C6H5.C5H5.Ti/c1-2-4-6-5-3-1;1-2-4-5-3-1;/h1-5H;1-3H,4H2;. The van der Waals surface area contributed by atoms with Crippen molar-refractivity contribution in [2.75, 3.05) is 0 Å². The molecule has 0 spiro atoms. The summed E-state index contributed by atoms with van der Waals surface area (Å²) in [5, 5.41) is 0. The number of hydrogen-bond acceptors (Lipinski definition) is 0. The molecule has 0 saturated heterocycles. The van der Waals surface area contributed by atoms with E-state index in [0.717, 1.165) is 0 Å². The van der Waals surface area contributed by atoms with Crippen molar-refractivity contribution in [2.24, 2.45) is 0 Å². The maximum absolute atomic E-state index is 2.27. The van der Waals surface area contributed by atoms with E-state index < -0.39 is 0 Å². The van der Waals surface area contributed by atoms with E-state index in [1.54, 1.807) is 3.88 Å². The molecular weight excluding hydrogens is 180 g/mol. The molecule has 0 amide bonds. The summed E-state index contributed by atoms with van der Waals surface area (Å²) in [7, 11) is 0. The molecule has 1 aromatic rings. The van der Waals surface area contributed by atoms with Crippen molar-refractivity contribution in [1.82, 2.24) is 0 Å². The van der Waals surface area contributed by atoms with Gasteiger partial charge in [0.05, 0.1) is 0 Å². The van der Waals surface area contributed by atoms with Crippen LogP contribution in [0.5, 0.6) is 0 Å². The molecule has 0 radical (unpaired) electrons. The summed E-state index contributed by atoms with van der Waals surface area (Å²) < 4.78 is 3.17. The Morgan fingerprint density at radius 2 is 1.92 bits per heavy atom. The second-order valence-corrected chi connectivity index (χ2v) is 5.11. The Bertz CT molecular complexity index is 309. The van der Waals surface area contributed by atoms with Gasteiger partial charge in [0.25, 0.3) is 0 Å². The van der Waals surface area contributed by atoms with E-state index in [2.05, 4.69) is 48.6 Å². The van der Waals surface area contributed by atoms with Crippen LogP contribution in [-0.4, -0.2) is 0 Å². The van der Waals surface area contributed by atoms with Crippen LogP contribution in [-0.2, 0) is 19.2 Å². The molecule has 0 unspecified atom stereocenters. The van der Waals surface area contributed by atoms with Crippen LogP contribution < -0.4 is 3.87 Å². The zero-order chi connectivity index (χ0) is 8.23. The van der Waals surface area contributed by atoms with Crippen molar-refractivity contribution in [3.63, 3.8) is 0 Å². The summed E-state index contributed by atoms with van der Waals surface area (Å²) in [6.45, 7) is 0. The van der Waals surface area contributed by atoms with E-state index in [9.17, 15) is 0 Å². The summed E-state index contributed by atoms with van der Waals surface area (Å²) in [6.07, 6.45) is 7.87. The Morgan fingerprint density at radius 3 is 2.58 bits per heavy atom. The normalized spacial score (nSPS) is 14.5. The second-order valence-electron chi connectivity index (χ2n) is 2.82. The topological polar surface area (TPSA) is 0 Å². The molecule has 1 aliphatic rings. The Morgan fingerprint density at radius 1 is 1.08 bits per heavy atom. The van der Waals surface area contributed by atoms with Crippen LogP contribution in [0.4, 0.5) is 0 Å². The molecule has 0 N–H and O–H groups in total. The van der Waals surface area contributed by atoms with Crippen LogP contribution in [0.2, 0.25) is 0 Å². The minimum absolute atomic E-state index is 0.0122. The van der Waals surface area contributed by atoms with E-state index in [1.807, 2.05) is 0 Å².